The van der Waals surface area contributed by atoms with Crippen molar-refractivity contribution in [3.8, 4) is 0 Å². The first-order valence-electron chi connectivity index (χ1n) is 5.82. The van der Waals surface area contributed by atoms with E-state index >= 15 is 0 Å². The van der Waals surface area contributed by atoms with E-state index in [1.807, 2.05) is 54.2 Å². The third-order valence-electron chi connectivity index (χ3n) is 2.81. The van der Waals surface area contributed by atoms with Crippen LogP contribution in [0.1, 0.15) is 12.0 Å². The number of hydrogen-bond acceptors (Lipinski definition) is 1. The molecular formula is C14H15ClN2O. The number of carbonyl (C=O) groups excluding carboxylic acids is 1. The maximum atomic E-state index is 11.8. The van der Waals surface area contributed by atoms with Gasteiger partial charge in [-0.1, -0.05) is 17.7 Å². The molecule has 0 fully saturated rings. The molecule has 18 heavy (non-hydrogen) atoms. The standard InChI is InChI=1S/C14H15ClN2O/c1-11-12(15)5-4-6-13(11)16-14(18)7-10-17-8-2-3-9-17/h2-6,8-9H,7,10H2,1H3,(H,16,18). The fraction of sp³-hybridized carbons (Fsp3) is 0.214. The SMILES string of the molecule is Cc1c(Cl)cccc1NC(=O)CCn1cccc1. The smallest absolute Gasteiger partial charge is 0.226 e. The van der Waals surface area contributed by atoms with Crippen LogP contribution < -0.4 is 5.32 Å². The van der Waals surface area contributed by atoms with Gasteiger partial charge in [0, 0.05) is 36.1 Å². The third-order valence-corrected chi connectivity index (χ3v) is 3.21. The number of amides is 1. The van der Waals surface area contributed by atoms with E-state index in [-0.39, 0.29) is 5.91 Å². The first-order valence-corrected chi connectivity index (χ1v) is 6.20. The molecule has 2 aromatic rings. The normalized spacial score (nSPS) is 10.3. The number of hydrogen-bond donors (Lipinski definition) is 1. The molecule has 0 unspecified atom stereocenters. The molecule has 1 aromatic carbocycles. The Morgan fingerprint density at radius 1 is 1.28 bits per heavy atom. The van der Waals surface area contributed by atoms with Crippen molar-refractivity contribution >= 4 is 23.2 Å². The monoisotopic (exact) mass is 262 g/mol. The second-order valence-electron chi connectivity index (χ2n) is 4.13. The molecule has 0 bridgehead atoms. The van der Waals surface area contributed by atoms with E-state index in [0.717, 1.165) is 11.3 Å². The zero-order chi connectivity index (χ0) is 13.0. The van der Waals surface area contributed by atoms with E-state index in [1.165, 1.54) is 0 Å². The van der Waals surface area contributed by atoms with Crippen LogP contribution in [0.4, 0.5) is 5.69 Å². The molecule has 0 saturated heterocycles. The van der Waals surface area contributed by atoms with Crippen LogP contribution in [0.3, 0.4) is 0 Å². The highest BCUT2D eigenvalue weighted by Crippen LogP contribution is 2.22. The lowest BCUT2D eigenvalue weighted by Crippen LogP contribution is -2.14. The summed E-state index contributed by atoms with van der Waals surface area (Å²) in [4.78, 5) is 11.8. The van der Waals surface area contributed by atoms with Crippen LogP contribution >= 0.6 is 11.6 Å². The first kappa shape index (κ1) is 12.7. The molecule has 0 atom stereocenters. The number of carbonyl (C=O) groups is 1. The summed E-state index contributed by atoms with van der Waals surface area (Å²) in [6, 6.07) is 9.38. The average Bonchev–Trinajstić information content (AvgIpc) is 2.86. The summed E-state index contributed by atoms with van der Waals surface area (Å²) in [5.41, 5.74) is 1.67. The van der Waals surface area contributed by atoms with Crippen molar-refractivity contribution in [3.63, 3.8) is 0 Å². The summed E-state index contributed by atoms with van der Waals surface area (Å²) in [6.45, 7) is 2.57. The summed E-state index contributed by atoms with van der Waals surface area (Å²) in [6.07, 6.45) is 4.33. The molecule has 0 aliphatic rings. The van der Waals surface area contributed by atoms with E-state index in [4.69, 9.17) is 11.6 Å². The Morgan fingerprint density at radius 3 is 2.72 bits per heavy atom. The van der Waals surface area contributed by atoms with Crippen molar-refractivity contribution in [2.24, 2.45) is 0 Å². The van der Waals surface area contributed by atoms with Crippen LogP contribution in [-0.2, 0) is 11.3 Å². The minimum Gasteiger partial charge on any atom is -0.354 e. The minimum atomic E-state index is -0.00549. The van der Waals surface area contributed by atoms with Gasteiger partial charge in [-0.3, -0.25) is 4.79 Å². The number of aromatic nitrogens is 1. The van der Waals surface area contributed by atoms with Crippen molar-refractivity contribution in [2.75, 3.05) is 5.32 Å². The van der Waals surface area contributed by atoms with Gasteiger partial charge in [0.1, 0.15) is 0 Å². The highest BCUT2D eigenvalue weighted by Gasteiger charge is 2.06. The molecule has 1 N–H and O–H groups in total. The molecule has 4 heteroatoms. The number of benzene rings is 1. The highest BCUT2D eigenvalue weighted by atomic mass is 35.5. The lowest BCUT2D eigenvalue weighted by Gasteiger charge is -2.09. The van der Waals surface area contributed by atoms with Gasteiger partial charge >= 0.3 is 0 Å². The first-order chi connectivity index (χ1) is 8.66. The molecule has 0 radical (unpaired) electrons. The Hall–Kier alpha value is -1.74. The Kier molecular flexibility index (Phi) is 4.05. The average molecular weight is 263 g/mol. The number of anilines is 1. The minimum absolute atomic E-state index is 0.00549. The second kappa shape index (κ2) is 5.74. The predicted molar refractivity (Wildman–Crippen MR) is 73.9 cm³/mol. The van der Waals surface area contributed by atoms with Gasteiger partial charge < -0.3 is 9.88 Å². The maximum Gasteiger partial charge on any atom is 0.226 e. The van der Waals surface area contributed by atoms with Crippen LogP contribution in [0.25, 0.3) is 0 Å². The fourth-order valence-electron chi connectivity index (χ4n) is 1.71. The highest BCUT2D eigenvalue weighted by molar-refractivity contribution is 6.31. The summed E-state index contributed by atoms with van der Waals surface area (Å²) in [7, 11) is 0. The van der Waals surface area contributed by atoms with Gasteiger partial charge in [0.2, 0.25) is 5.91 Å². The second-order valence-corrected chi connectivity index (χ2v) is 4.54. The van der Waals surface area contributed by atoms with Gasteiger partial charge in [-0.15, -0.1) is 0 Å². The van der Waals surface area contributed by atoms with Crippen LogP contribution in [0.2, 0.25) is 5.02 Å². The molecular weight excluding hydrogens is 248 g/mol. The van der Waals surface area contributed by atoms with E-state index in [1.54, 1.807) is 0 Å². The van der Waals surface area contributed by atoms with Crippen molar-refractivity contribution in [1.29, 1.82) is 0 Å². The summed E-state index contributed by atoms with van der Waals surface area (Å²) in [5, 5.41) is 3.54. The fourth-order valence-corrected chi connectivity index (χ4v) is 1.88. The van der Waals surface area contributed by atoms with Gasteiger partial charge in [0.25, 0.3) is 0 Å². The molecule has 94 valence electrons. The molecule has 0 aliphatic carbocycles. The number of nitrogens with zero attached hydrogens (tertiary/aromatic N) is 1. The van der Waals surface area contributed by atoms with Crippen molar-refractivity contribution < 1.29 is 4.79 Å². The Morgan fingerprint density at radius 2 is 2.00 bits per heavy atom. The van der Waals surface area contributed by atoms with Gasteiger partial charge in [0.15, 0.2) is 0 Å². The molecule has 3 nitrogen and oxygen atoms in total. The van der Waals surface area contributed by atoms with Gasteiger partial charge in [-0.2, -0.15) is 0 Å². The molecule has 1 heterocycles. The molecule has 2 rings (SSSR count). The van der Waals surface area contributed by atoms with Crippen LogP contribution in [0.5, 0.6) is 0 Å². The predicted octanol–water partition coefficient (Wildman–Crippen LogP) is 3.48. The van der Waals surface area contributed by atoms with Gasteiger partial charge in [-0.25, -0.2) is 0 Å². The zero-order valence-corrected chi connectivity index (χ0v) is 10.9. The van der Waals surface area contributed by atoms with Crippen molar-refractivity contribution in [3.05, 3.63) is 53.3 Å². The van der Waals surface area contributed by atoms with Crippen LogP contribution in [0.15, 0.2) is 42.7 Å². The van der Waals surface area contributed by atoms with Crippen LogP contribution in [-0.4, -0.2) is 10.5 Å². The Labute approximate surface area is 111 Å². The van der Waals surface area contributed by atoms with Gasteiger partial charge in [-0.05, 0) is 36.8 Å². The van der Waals surface area contributed by atoms with E-state index in [9.17, 15) is 4.79 Å². The summed E-state index contributed by atoms with van der Waals surface area (Å²) in [5.74, 6) is -0.00549. The Bertz CT molecular complexity index is 535. The molecule has 0 saturated carbocycles. The third kappa shape index (κ3) is 3.14. The molecule has 0 aliphatic heterocycles. The largest absolute Gasteiger partial charge is 0.354 e. The molecule has 1 aromatic heterocycles. The molecule has 1 amide bonds. The lowest BCUT2D eigenvalue weighted by molar-refractivity contribution is -0.116. The number of nitrogens with one attached hydrogen (secondary N) is 1. The maximum absolute atomic E-state index is 11.8. The van der Waals surface area contributed by atoms with Crippen LogP contribution in [0, 0.1) is 6.92 Å². The van der Waals surface area contributed by atoms with Crippen molar-refractivity contribution in [1.82, 2.24) is 4.57 Å². The lowest BCUT2D eigenvalue weighted by atomic mass is 10.2. The van der Waals surface area contributed by atoms with E-state index < -0.39 is 0 Å². The number of rotatable bonds is 4. The van der Waals surface area contributed by atoms with Crippen molar-refractivity contribution in [2.45, 2.75) is 19.9 Å². The summed E-state index contributed by atoms with van der Waals surface area (Å²) >= 11 is 6.00. The Balaban J connectivity index is 1.93. The van der Waals surface area contributed by atoms with E-state index in [2.05, 4.69) is 5.32 Å². The number of halogens is 1. The molecule has 0 spiro atoms. The zero-order valence-electron chi connectivity index (χ0n) is 10.2. The summed E-state index contributed by atoms with van der Waals surface area (Å²) < 4.78 is 1.98. The number of aryl methyl sites for hydroxylation is 1. The quantitative estimate of drug-likeness (QED) is 0.899. The van der Waals surface area contributed by atoms with Gasteiger partial charge in [0.05, 0.1) is 0 Å². The topological polar surface area (TPSA) is 34.0 Å². The van der Waals surface area contributed by atoms with E-state index in [0.29, 0.717) is 18.0 Å².